The molecule has 0 radical (unpaired) electrons. The quantitative estimate of drug-likeness (QED) is 0.820. The maximum Gasteiger partial charge on any atom is 0.416 e. The molecule has 6 nitrogen and oxygen atoms in total. The Labute approximate surface area is 146 Å². The van der Waals surface area contributed by atoms with Gasteiger partial charge in [-0.05, 0) is 31.5 Å². The maximum atomic E-state index is 13.3. The zero-order valence-corrected chi connectivity index (χ0v) is 14.0. The van der Waals surface area contributed by atoms with Crippen LogP contribution in [0.1, 0.15) is 42.4 Å². The second-order valence-corrected chi connectivity index (χ2v) is 6.30. The number of benzene rings is 1. The van der Waals surface area contributed by atoms with Gasteiger partial charge in [-0.3, -0.25) is 4.90 Å². The normalized spacial score (nSPS) is 18.5. The molecule has 0 spiro atoms. The van der Waals surface area contributed by atoms with Crippen LogP contribution in [0.25, 0.3) is 0 Å². The molecule has 2 aromatic rings. The largest absolute Gasteiger partial charge is 0.465 e. The minimum absolute atomic E-state index is 0.0219. The molecule has 26 heavy (non-hydrogen) atoms. The van der Waals surface area contributed by atoms with Crippen molar-refractivity contribution in [3.8, 4) is 0 Å². The third-order valence-corrected chi connectivity index (χ3v) is 4.60. The molecule has 10 heteroatoms. The van der Waals surface area contributed by atoms with Crippen LogP contribution in [0.3, 0.4) is 0 Å². The summed E-state index contributed by atoms with van der Waals surface area (Å²) in [5, 5.41) is 17.1. The lowest BCUT2D eigenvalue weighted by atomic mass is 9.99. The highest BCUT2D eigenvalue weighted by atomic mass is 19.4. The average Bonchev–Trinajstić information content (AvgIpc) is 2.95. The van der Waals surface area contributed by atoms with Gasteiger partial charge in [0.05, 0.1) is 23.8 Å². The zero-order valence-electron chi connectivity index (χ0n) is 14.0. The van der Waals surface area contributed by atoms with Crippen LogP contribution in [0.15, 0.2) is 18.2 Å². The summed E-state index contributed by atoms with van der Waals surface area (Å²) in [6, 6.07) is 1.32. The Hall–Kier alpha value is -2.65. The van der Waals surface area contributed by atoms with Crippen molar-refractivity contribution in [3.05, 3.63) is 46.5 Å². The molecule has 0 aliphatic carbocycles. The van der Waals surface area contributed by atoms with E-state index in [1.165, 1.54) is 16.5 Å². The van der Waals surface area contributed by atoms with Gasteiger partial charge >= 0.3 is 12.3 Å². The van der Waals surface area contributed by atoms with Gasteiger partial charge in [-0.25, -0.2) is 13.9 Å². The SMILES string of the molecule is CC(c1ccc(F)cc1C(F)(F)F)n1nnc2c1C[C@@H](C)N(C(=O)O)C2. The Kier molecular flexibility index (Phi) is 4.37. The van der Waals surface area contributed by atoms with E-state index in [1.54, 1.807) is 6.92 Å². The number of nitrogens with zero attached hydrogens (tertiary/aromatic N) is 4. The van der Waals surface area contributed by atoms with E-state index in [2.05, 4.69) is 10.3 Å². The van der Waals surface area contributed by atoms with Crippen LogP contribution < -0.4 is 0 Å². The highest BCUT2D eigenvalue weighted by Crippen LogP contribution is 2.37. The molecule has 1 N–H and O–H groups in total. The summed E-state index contributed by atoms with van der Waals surface area (Å²) in [5.41, 5.74) is -0.196. The maximum absolute atomic E-state index is 13.3. The monoisotopic (exact) mass is 372 g/mol. The van der Waals surface area contributed by atoms with Crippen molar-refractivity contribution in [2.24, 2.45) is 0 Å². The van der Waals surface area contributed by atoms with Crippen LogP contribution in [-0.4, -0.2) is 37.1 Å². The first kappa shape index (κ1) is 18.2. The zero-order chi connectivity index (χ0) is 19.2. The van der Waals surface area contributed by atoms with E-state index in [9.17, 15) is 27.5 Å². The third-order valence-electron chi connectivity index (χ3n) is 4.60. The summed E-state index contributed by atoms with van der Waals surface area (Å²) in [6.45, 7) is 3.25. The first-order chi connectivity index (χ1) is 12.1. The van der Waals surface area contributed by atoms with E-state index >= 15 is 0 Å². The predicted molar refractivity (Wildman–Crippen MR) is 82.0 cm³/mol. The Morgan fingerprint density at radius 3 is 2.69 bits per heavy atom. The number of rotatable bonds is 2. The van der Waals surface area contributed by atoms with Crippen molar-refractivity contribution in [1.82, 2.24) is 19.9 Å². The van der Waals surface area contributed by atoms with Crippen LogP contribution in [0.4, 0.5) is 22.4 Å². The average molecular weight is 372 g/mol. The van der Waals surface area contributed by atoms with Crippen molar-refractivity contribution in [1.29, 1.82) is 0 Å². The molecule has 1 unspecified atom stereocenters. The Bertz CT molecular complexity index is 849. The number of fused-ring (bicyclic) bond motifs is 1. The van der Waals surface area contributed by atoms with Gasteiger partial charge in [0.25, 0.3) is 0 Å². The molecule has 1 aromatic heterocycles. The van der Waals surface area contributed by atoms with Gasteiger partial charge in [0.15, 0.2) is 0 Å². The standard InChI is InChI=1S/C16H16F4N4O2/c1-8-5-14-13(7-23(8)15(25)26)21-22-24(14)9(2)11-4-3-10(17)6-12(11)16(18,19)20/h3-4,6,8-9H,5,7H2,1-2H3,(H,25,26)/t8-,9?/m1/s1. The van der Waals surface area contributed by atoms with Crippen LogP contribution in [-0.2, 0) is 19.1 Å². The Morgan fingerprint density at radius 2 is 2.08 bits per heavy atom. The van der Waals surface area contributed by atoms with Crippen molar-refractivity contribution in [2.45, 2.75) is 45.1 Å². The number of halogens is 4. The van der Waals surface area contributed by atoms with Gasteiger partial charge < -0.3 is 5.11 Å². The molecule has 0 saturated heterocycles. The summed E-state index contributed by atoms with van der Waals surface area (Å²) < 4.78 is 54.5. The van der Waals surface area contributed by atoms with E-state index in [1.807, 2.05) is 0 Å². The Balaban J connectivity index is 2.02. The second kappa shape index (κ2) is 6.26. The number of carboxylic acid groups (broad SMARTS) is 1. The summed E-state index contributed by atoms with van der Waals surface area (Å²) in [4.78, 5) is 12.4. The molecule has 1 amide bonds. The van der Waals surface area contributed by atoms with Crippen molar-refractivity contribution in [3.63, 3.8) is 0 Å². The van der Waals surface area contributed by atoms with Gasteiger partial charge in [0.1, 0.15) is 11.5 Å². The molecule has 2 atom stereocenters. The lowest BCUT2D eigenvalue weighted by Gasteiger charge is -2.31. The first-order valence-corrected chi connectivity index (χ1v) is 7.88. The van der Waals surface area contributed by atoms with Gasteiger partial charge in [-0.2, -0.15) is 13.2 Å². The van der Waals surface area contributed by atoms with Crippen molar-refractivity contribution in [2.75, 3.05) is 0 Å². The molecule has 0 saturated carbocycles. The van der Waals surface area contributed by atoms with E-state index in [-0.39, 0.29) is 24.6 Å². The molecule has 1 aliphatic rings. The van der Waals surface area contributed by atoms with Crippen LogP contribution >= 0.6 is 0 Å². The van der Waals surface area contributed by atoms with E-state index in [4.69, 9.17) is 0 Å². The third kappa shape index (κ3) is 3.11. The van der Waals surface area contributed by atoms with Crippen LogP contribution in [0.2, 0.25) is 0 Å². The first-order valence-electron chi connectivity index (χ1n) is 7.88. The lowest BCUT2D eigenvalue weighted by Crippen LogP contribution is -2.42. The van der Waals surface area contributed by atoms with Crippen molar-refractivity contribution < 1.29 is 27.5 Å². The topological polar surface area (TPSA) is 71.2 Å². The van der Waals surface area contributed by atoms with Gasteiger partial charge in [-0.1, -0.05) is 11.3 Å². The second-order valence-electron chi connectivity index (χ2n) is 6.30. The molecule has 1 aliphatic heterocycles. The fourth-order valence-corrected chi connectivity index (χ4v) is 3.22. The molecule has 3 rings (SSSR count). The van der Waals surface area contributed by atoms with Gasteiger partial charge in [0.2, 0.25) is 0 Å². The smallest absolute Gasteiger partial charge is 0.416 e. The molecule has 0 fully saturated rings. The molecular weight excluding hydrogens is 356 g/mol. The molecule has 1 aromatic carbocycles. The number of alkyl halides is 3. The van der Waals surface area contributed by atoms with E-state index in [0.29, 0.717) is 17.5 Å². The predicted octanol–water partition coefficient (Wildman–Crippen LogP) is 3.47. The molecular formula is C16H16F4N4O2. The Morgan fingerprint density at radius 1 is 1.38 bits per heavy atom. The van der Waals surface area contributed by atoms with Crippen LogP contribution in [0.5, 0.6) is 0 Å². The summed E-state index contributed by atoms with van der Waals surface area (Å²) >= 11 is 0. The fourth-order valence-electron chi connectivity index (χ4n) is 3.22. The molecule has 140 valence electrons. The minimum Gasteiger partial charge on any atom is -0.465 e. The number of hydrogen-bond donors (Lipinski definition) is 1. The molecule has 0 bridgehead atoms. The number of hydrogen-bond acceptors (Lipinski definition) is 3. The van der Waals surface area contributed by atoms with Gasteiger partial charge in [0, 0.05) is 12.5 Å². The van der Waals surface area contributed by atoms with E-state index < -0.39 is 29.7 Å². The van der Waals surface area contributed by atoms with Crippen molar-refractivity contribution >= 4 is 6.09 Å². The summed E-state index contributed by atoms with van der Waals surface area (Å²) in [7, 11) is 0. The van der Waals surface area contributed by atoms with Gasteiger partial charge in [-0.15, -0.1) is 5.10 Å². The molecule has 2 heterocycles. The summed E-state index contributed by atoms with van der Waals surface area (Å²) in [6.07, 6.45) is -5.52. The highest BCUT2D eigenvalue weighted by molar-refractivity contribution is 5.65. The minimum atomic E-state index is -4.71. The highest BCUT2D eigenvalue weighted by Gasteiger charge is 2.37. The number of amides is 1. The summed E-state index contributed by atoms with van der Waals surface area (Å²) in [5.74, 6) is -0.973. The number of carbonyl (C=O) groups is 1. The van der Waals surface area contributed by atoms with E-state index in [0.717, 1.165) is 12.1 Å². The number of aromatic nitrogens is 3. The lowest BCUT2D eigenvalue weighted by molar-refractivity contribution is -0.138. The fraction of sp³-hybridized carbons (Fsp3) is 0.438. The van der Waals surface area contributed by atoms with Crippen LogP contribution in [0, 0.1) is 5.82 Å².